The van der Waals surface area contributed by atoms with Gasteiger partial charge in [-0.1, -0.05) is 53.2 Å². The molecule has 246 valence electrons. The van der Waals surface area contributed by atoms with Crippen LogP contribution in [0.25, 0.3) is 11.3 Å². The molecule has 0 spiro atoms. The van der Waals surface area contributed by atoms with Crippen molar-refractivity contribution in [3.8, 4) is 11.3 Å². The predicted octanol–water partition coefficient (Wildman–Crippen LogP) is 7.01. The van der Waals surface area contributed by atoms with Crippen LogP contribution < -0.4 is 15.5 Å². The number of imide groups is 1. The normalized spacial score (nSPS) is 17.5. The van der Waals surface area contributed by atoms with Crippen molar-refractivity contribution in [1.82, 2.24) is 20.5 Å². The molecular formula is C33H39Cl2N5O4S2. The number of carbonyl (C=O) groups is 3. The van der Waals surface area contributed by atoms with E-state index in [4.69, 9.17) is 32.9 Å². The van der Waals surface area contributed by atoms with E-state index in [1.165, 1.54) is 23.1 Å². The summed E-state index contributed by atoms with van der Waals surface area (Å²) >= 11 is 15.0. The molecule has 46 heavy (non-hydrogen) atoms. The zero-order valence-corrected chi connectivity index (χ0v) is 29.3. The van der Waals surface area contributed by atoms with Crippen LogP contribution in [0.3, 0.4) is 0 Å². The molecule has 0 radical (unpaired) electrons. The van der Waals surface area contributed by atoms with Crippen molar-refractivity contribution in [1.29, 1.82) is 0 Å². The van der Waals surface area contributed by atoms with Crippen molar-refractivity contribution < 1.29 is 19.1 Å². The van der Waals surface area contributed by atoms with Crippen molar-refractivity contribution in [2.45, 2.75) is 75.0 Å². The standard InChI is InChI=1S/C33H39Cl2N5O4S2/c1-33(2,3)44-32(43)40(30(42)27-8-5-13-36-27)24-7-4-6-22(17-24)28-19-45-31(38-28)46-20-29(41)37-23-11-14-39(15-12-23)18-21-9-10-25(34)26(35)16-21/h4,6-7,9-10,16-17,19,23,27,36H,5,8,11-15,18,20H2,1-3H3,(H,37,41). The first-order valence-electron chi connectivity index (χ1n) is 15.4. The number of anilines is 1. The van der Waals surface area contributed by atoms with Crippen LogP contribution in [0.4, 0.5) is 10.5 Å². The third-order valence-electron chi connectivity index (χ3n) is 7.71. The lowest BCUT2D eigenvalue weighted by atomic mass is 10.0. The summed E-state index contributed by atoms with van der Waals surface area (Å²) in [6.45, 7) is 8.64. The average Bonchev–Trinajstić information content (AvgIpc) is 3.72. The number of carbonyl (C=O) groups excluding carboxylic acids is 3. The number of piperidine rings is 1. The van der Waals surface area contributed by atoms with Gasteiger partial charge in [0.25, 0.3) is 5.91 Å². The second-order valence-corrected chi connectivity index (χ2v) is 15.4. The molecule has 3 amide bonds. The van der Waals surface area contributed by atoms with Crippen LogP contribution in [-0.4, -0.2) is 70.9 Å². The Morgan fingerprint density at radius 2 is 1.89 bits per heavy atom. The highest BCUT2D eigenvalue weighted by Crippen LogP contribution is 2.31. The SMILES string of the molecule is CC(C)(C)OC(=O)N(C(=O)C1CCCN1)c1cccc(-c2csc(SCC(=O)NC3CCN(Cc4ccc(Cl)c(Cl)c4)CC3)n2)c1. The maximum atomic E-state index is 13.4. The summed E-state index contributed by atoms with van der Waals surface area (Å²) in [6.07, 6.45) is 2.60. The molecule has 2 N–H and O–H groups in total. The van der Waals surface area contributed by atoms with Crippen LogP contribution in [-0.2, 0) is 20.9 Å². The van der Waals surface area contributed by atoms with Gasteiger partial charge in [0.15, 0.2) is 4.34 Å². The van der Waals surface area contributed by atoms with Crippen LogP contribution in [0.2, 0.25) is 10.0 Å². The molecule has 2 aromatic carbocycles. The van der Waals surface area contributed by atoms with E-state index in [9.17, 15) is 14.4 Å². The highest BCUT2D eigenvalue weighted by atomic mass is 35.5. The van der Waals surface area contributed by atoms with Crippen molar-refractivity contribution in [2.75, 3.05) is 30.3 Å². The van der Waals surface area contributed by atoms with Crippen molar-refractivity contribution >= 4 is 69.9 Å². The minimum Gasteiger partial charge on any atom is -0.443 e. The Kier molecular flexibility index (Phi) is 11.7. The lowest BCUT2D eigenvalue weighted by molar-refractivity contribution is -0.120. The molecule has 5 rings (SSSR count). The molecular weight excluding hydrogens is 665 g/mol. The maximum Gasteiger partial charge on any atom is 0.421 e. The second-order valence-electron chi connectivity index (χ2n) is 12.5. The zero-order valence-electron chi connectivity index (χ0n) is 26.2. The summed E-state index contributed by atoms with van der Waals surface area (Å²) in [5.41, 5.74) is 2.26. The summed E-state index contributed by atoms with van der Waals surface area (Å²) < 4.78 is 6.37. The van der Waals surface area contributed by atoms with Gasteiger partial charge in [-0.2, -0.15) is 0 Å². The highest BCUT2D eigenvalue weighted by Gasteiger charge is 2.35. The number of nitrogens with zero attached hydrogens (tertiary/aromatic N) is 3. The van der Waals surface area contributed by atoms with Crippen LogP contribution in [0.5, 0.6) is 0 Å². The fourth-order valence-electron chi connectivity index (χ4n) is 5.47. The second kappa shape index (κ2) is 15.5. The molecule has 0 bridgehead atoms. The summed E-state index contributed by atoms with van der Waals surface area (Å²) in [5.74, 6) is -0.0773. The van der Waals surface area contributed by atoms with E-state index in [0.29, 0.717) is 27.8 Å². The van der Waals surface area contributed by atoms with Crippen molar-refractivity contribution in [3.63, 3.8) is 0 Å². The Labute approximate surface area is 288 Å². The molecule has 2 saturated heterocycles. The number of aromatic nitrogens is 1. The molecule has 0 saturated carbocycles. The lowest BCUT2D eigenvalue weighted by Crippen LogP contribution is -2.48. The van der Waals surface area contributed by atoms with Gasteiger partial charge in [-0.25, -0.2) is 14.7 Å². The molecule has 2 aliphatic heterocycles. The van der Waals surface area contributed by atoms with Crippen molar-refractivity contribution in [2.24, 2.45) is 0 Å². The average molecular weight is 705 g/mol. The molecule has 0 aliphatic carbocycles. The quantitative estimate of drug-likeness (QED) is 0.230. The molecule has 1 atom stereocenters. The Hall–Kier alpha value is -2.67. The molecule has 1 aromatic heterocycles. The van der Waals surface area contributed by atoms with E-state index in [-0.39, 0.29) is 23.6 Å². The first-order valence-corrected chi connectivity index (χ1v) is 18.0. The smallest absolute Gasteiger partial charge is 0.421 e. The Bertz CT molecular complexity index is 1550. The van der Waals surface area contributed by atoms with Crippen molar-refractivity contribution in [3.05, 3.63) is 63.5 Å². The third kappa shape index (κ3) is 9.45. The number of likely N-dealkylation sites (tertiary alicyclic amines) is 1. The number of thiazole rings is 1. The Balaban J connectivity index is 1.14. The van der Waals surface area contributed by atoms with Gasteiger partial charge in [-0.05, 0) is 82.8 Å². The van der Waals surface area contributed by atoms with E-state index < -0.39 is 17.7 Å². The minimum absolute atomic E-state index is 0.0151. The minimum atomic E-state index is -0.756. The van der Waals surface area contributed by atoms with Gasteiger partial charge in [0, 0.05) is 36.6 Å². The van der Waals surface area contributed by atoms with E-state index in [0.717, 1.165) is 65.8 Å². The van der Waals surface area contributed by atoms with Gasteiger partial charge in [0.05, 0.1) is 33.2 Å². The van der Waals surface area contributed by atoms with E-state index >= 15 is 0 Å². The lowest BCUT2D eigenvalue weighted by Gasteiger charge is -2.32. The fraction of sp³-hybridized carbons (Fsp3) is 0.455. The summed E-state index contributed by atoms with van der Waals surface area (Å²) in [4.78, 5) is 47.6. The van der Waals surface area contributed by atoms with Crippen LogP contribution in [0.1, 0.15) is 52.0 Å². The number of rotatable bonds is 9. The topological polar surface area (TPSA) is 104 Å². The highest BCUT2D eigenvalue weighted by molar-refractivity contribution is 8.01. The van der Waals surface area contributed by atoms with Gasteiger partial charge >= 0.3 is 6.09 Å². The Morgan fingerprint density at radius 3 is 2.59 bits per heavy atom. The first kappa shape index (κ1) is 34.7. The van der Waals surface area contributed by atoms with Crippen LogP contribution in [0.15, 0.2) is 52.2 Å². The van der Waals surface area contributed by atoms with Gasteiger partial charge < -0.3 is 15.4 Å². The number of hydrogen-bond donors (Lipinski definition) is 2. The molecule has 2 fully saturated rings. The molecule has 9 nitrogen and oxygen atoms in total. The molecule has 1 unspecified atom stereocenters. The number of nitrogens with one attached hydrogen (secondary N) is 2. The number of benzene rings is 2. The summed E-state index contributed by atoms with van der Waals surface area (Å²) in [7, 11) is 0. The number of amides is 3. The third-order valence-corrected chi connectivity index (χ3v) is 10.5. The molecule has 3 heterocycles. The molecule has 3 aromatic rings. The molecule has 2 aliphatic rings. The monoisotopic (exact) mass is 703 g/mol. The number of ether oxygens (including phenoxy) is 1. The first-order chi connectivity index (χ1) is 21.9. The van der Waals surface area contributed by atoms with Gasteiger partial charge in [0.2, 0.25) is 5.91 Å². The van der Waals surface area contributed by atoms with Gasteiger partial charge in [-0.15, -0.1) is 11.3 Å². The van der Waals surface area contributed by atoms with Gasteiger partial charge in [-0.3, -0.25) is 14.5 Å². The van der Waals surface area contributed by atoms with E-state index in [1.807, 2.05) is 29.6 Å². The predicted molar refractivity (Wildman–Crippen MR) is 186 cm³/mol. The maximum absolute atomic E-state index is 13.4. The Morgan fingerprint density at radius 1 is 1.11 bits per heavy atom. The number of halogens is 2. The fourth-order valence-corrected chi connectivity index (χ4v) is 7.44. The zero-order chi connectivity index (χ0) is 32.8. The van der Waals surface area contributed by atoms with E-state index in [2.05, 4.69) is 15.5 Å². The van der Waals surface area contributed by atoms with Gasteiger partial charge in [0.1, 0.15) is 5.60 Å². The summed E-state index contributed by atoms with van der Waals surface area (Å²) in [5, 5.41) is 9.39. The van der Waals surface area contributed by atoms with E-state index in [1.54, 1.807) is 39.0 Å². The van der Waals surface area contributed by atoms with Crippen LogP contribution >= 0.6 is 46.3 Å². The molecule has 13 heteroatoms. The number of thioether (sulfide) groups is 1. The number of hydrogen-bond acceptors (Lipinski definition) is 9. The summed E-state index contributed by atoms with van der Waals surface area (Å²) in [6, 6.07) is 12.6. The largest absolute Gasteiger partial charge is 0.443 e. The van der Waals surface area contributed by atoms with Crippen LogP contribution in [0, 0.1) is 0 Å².